The van der Waals surface area contributed by atoms with E-state index >= 15 is 0 Å². The van der Waals surface area contributed by atoms with E-state index in [1.807, 2.05) is 0 Å². The maximum Gasteiger partial charge on any atom is 0.338 e. The summed E-state index contributed by atoms with van der Waals surface area (Å²) >= 11 is 0. The van der Waals surface area contributed by atoms with Gasteiger partial charge in [0.05, 0.1) is 10.6 Å². The van der Waals surface area contributed by atoms with Crippen LogP contribution >= 0.6 is 0 Å². The first-order chi connectivity index (χ1) is 12.5. The fourth-order valence-electron chi connectivity index (χ4n) is 3.03. The van der Waals surface area contributed by atoms with Crippen molar-refractivity contribution in [2.75, 3.05) is 4.31 Å². The molecule has 0 saturated carbocycles. The first-order valence-electron chi connectivity index (χ1n) is 8.50. The molecule has 1 unspecified atom stereocenters. The second kappa shape index (κ2) is 6.49. The Hall–Kier alpha value is -2.67. The predicted octanol–water partition coefficient (Wildman–Crippen LogP) is 3.10. The standard InChI is InChI=1S/C20H21NO5S/c1-13-9-5-7-11-15(13)21-17(19(23)26-20(2,3)4)18(22)14-10-6-8-12-16(14)27(21,24)25/h5-12,17H,1-4H3. The van der Waals surface area contributed by atoms with Crippen LogP contribution in [0.15, 0.2) is 53.4 Å². The van der Waals surface area contributed by atoms with Crippen molar-refractivity contribution in [2.45, 2.75) is 44.2 Å². The molecule has 0 N–H and O–H groups in total. The largest absolute Gasteiger partial charge is 0.458 e. The number of benzene rings is 2. The van der Waals surface area contributed by atoms with Crippen LogP contribution in [0.4, 0.5) is 5.69 Å². The number of para-hydroxylation sites is 1. The van der Waals surface area contributed by atoms with Crippen molar-refractivity contribution >= 4 is 27.5 Å². The van der Waals surface area contributed by atoms with Gasteiger partial charge in [0.1, 0.15) is 5.60 Å². The molecule has 0 spiro atoms. The number of ketones is 1. The molecule has 0 fully saturated rings. The smallest absolute Gasteiger partial charge is 0.338 e. The van der Waals surface area contributed by atoms with E-state index in [0.717, 1.165) is 4.31 Å². The number of esters is 1. The number of hydrogen-bond donors (Lipinski definition) is 0. The number of sulfonamides is 1. The second-order valence-corrected chi connectivity index (χ2v) is 9.17. The highest BCUT2D eigenvalue weighted by Crippen LogP contribution is 2.36. The Labute approximate surface area is 158 Å². The first kappa shape index (κ1) is 19.1. The minimum absolute atomic E-state index is 0.00167. The average molecular weight is 387 g/mol. The zero-order valence-electron chi connectivity index (χ0n) is 15.6. The van der Waals surface area contributed by atoms with E-state index in [1.54, 1.807) is 64.1 Å². The number of nitrogens with zero attached hydrogens (tertiary/aromatic N) is 1. The summed E-state index contributed by atoms with van der Waals surface area (Å²) in [7, 11) is -4.13. The van der Waals surface area contributed by atoms with Crippen LogP contribution in [0.5, 0.6) is 0 Å². The molecule has 2 aromatic rings. The third kappa shape index (κ3) is 3.35. The van der Waals surface area contributed by atoms with Gasteiger partial charge < -0.3 is 4.74 Å². The highest BCUT2D eigenvalue weighted by molar-refractivity contribution is 7.93. The number of rotatable bonds is 2. The summed E-state index contributed by atoms with van der Waals surface area (Å²) in [6.07, 6.45) is 0. The molecule has 27 heavy (non-hydrogen) atoms. The number of ether oxygens (including phenoxy) is 1. The number of Topliss-reactive ketones (excluding diaryl/α,β-unsaturated/α-hetero) is 1. The van der Waals surface area contributed by atoms with Crippen LogP contribution < -0.4 is 4.31 Å². The molecule has 1 aliphatic heterocycles. The molecule has 0 aromatic heterocycles. The number of carbonyl (C=O) groups is 2. The molecule has 1 aliphatic rings. The van der Waals surface area contributed by atoms with Gasteiger partial charge in [0.2, 0.25) is 6.04 Å². The fourth-order valence-corrected chi connectivity index (χ4v) is 4.87. The van der Waals surface area contributed by atoms with Crippen molar-refractivity contribution in [1.82, 2.24) is 0 Å². The van der Waals surface area contributed by atoms with Gasteiger partial charge in [0.25, 0.3) is 10.0 Å². The maximum atomic E-state index is 13.3. The Morgan fingerprint density at radius 2 is 1.63 bits per heavy atom. The van der Waals surface area contributed by atoms with Gasteiger partial charge >= 0.3 is 5.97 Å². The van der Waals surface area contributed by atoms with E-state index in [4.69, 9.17) is 4.74 Å². The average Bonchev–Trinajstić information content (AvgIpc) is 2.57. The Balaban J connectivity index is 2.27. The summed E-state index contributed by atoms with van der Waals surface area (Å²) in [5, 5.41) is 0. The van der Waals surface area contributed by atoms with E-state index in [-0.39, 0.29) is 16.1 Å². The van der Waals surface area contributed by atoms with Gasteiger partial charge in [-0.1, -0.05) is 30.3 Å². The zero-order valence-corrected chi connectivity index (χ0v) is 16.4. The van der Waals surface area contributed by atoms with Crippen molar-refractivity contribution in [2.24, 2.45) is 0 Å². The van der Waals surface area contributed by atoms with Gasteiger partial charge in [0.15, 0.2) is 5.78 Å². The maximum absolute atomic E-state index is 13.3. The van der Waals surface area contributed by atoms with Crippen LogP contribution in [0.1, 0.15) is 36.7 Å². The van der Waals surface area contributed by atoms with Crippen LogP contribution in [0.3, 0.4) is 0 Å². The Bertz CT molecular complexity index is 1020. The number of anilines is 1. The molecule has 3 rings (SSSR count). The van der Waals surface area contributed by atoms with Crippen LogP contribution in [0.25, 0.3) is 0 Å². The van der Waals surface area contributed by atoms with Gasteiger partial charge in [-0.15, -0.1) is 0 Å². The molecule has 0 amide bonds. The lowest BCUT2D eigenvalue weighted by Crippen LogP contribution is -2.55. The van der Waals surface area contributed by atoms with E-state index < -0.39 is 33.4 Å². The molecule has 0 bridgehead atoms. The number of carbonyl (C=O) groups excluding carboxylic acids is 2. The molecule has 2 aromatic carbocycles. The summed E-state index contributed by atoms with van der Waals surface area (Å²) in [5.74, 6) is -1.49. The van der Waals surface area contributed by atoms with E-state index in [2.05, 4.69) is 0 Å². The van der Waals surface area contributed by atoms with Gasteiger partial charge in [-0.05, 0) is 51.5 Å². The van der Waals surface area contributed by atoms with Crippen molar-refractivity contribution in [1.29, 1.82) is 0 Å². The molecular weight excluding hydrogens is 366 g/mol. The summed E-state index contributed by atoms with van der Waals surface area (Å²) in [6, 6.07) is 11.0. The monoisotopic (exact) mass is 387 g/mol. The fraction of sp³-hybridized carbons (Fsp3) is 0.300. The van der Waals surface area contributed by atoms with Gasteiger partial charge in [0, 0.05) is 5.56 Å². The molecule has 0 saturated heterocycles. The summed E-state index contributed by atoms with van der Waals surface area (Å²) in [6.45, 7) is 6.72. The quantitative estimate of drug-likeness (QED) is 0.584. The molecule has 7 heteroatoms. The van der Waals surface area contributed by atoms with Crippen molar-refractivity contribution < 1.29 is 22.7 Å². The SMILES string of the molecule is Cc1ccccc1N1C(C(=O)OC(C)(C)C)C(=O)c2ccccc2S1(=O)=O. The minimum atomic E-state index is -4.13. The van der Waals surface area contributed by atoms with E-state index in [1.165, 1.54) is 12.1 Å². The summed E-state index contributed by atoms with van der Waals surface area (Å²) in [5.41, 5.74) is 0.0337. The minimum Gasteiger partial charge on any atom is -0.458 e. The summed E-state index contributed by atoms with van der Waals surface area (Å²) < 4.78 is 33.0. The van der Waals surface area contributed by atoms with Crippen molar-refractivity contribution in [3.8, 4) is 0 Å². The van der Waals surface area contributed by atoms with Gasteiger partial charge in [-0.3, -0.25) is 4.79 Å². The zero-order chi connectivity index (χ0) is 20.0. The molecule has 1 heterocycles. The topological polar surface area (TPSA) is 80.8 Å². The molecule has 1 atom stereocenters. The second-order valence-electron chi connectivity index (χ2n) is 7.38. The summed E-state index contributed by atoms with van der Waals surface area (Å²) in [4.78, 5) is 25.9. The Morgan fingerprint density at radius 1 is 1.04 bits per heavy atom. The number of fused-ring (bicyclic) bond motifs is 1. The van der Waals surface area contributed by atoms with Crippen LogP contribution in [-0.4, -0.2) is 31.8 Å². The van der Waals surface area contributed by atoms with E-state index in [9.17, 15) is 18.0 Å². The lowest BCUT2D eigenvalue weighted by atomic mass is 10.0. The third-order valence-electron chi connectivity index (χ3n) is 4.16. The number of hydrogen-bond acceptors (Lipinski definition) is 5. The van der Waals surface area contributed by atoms with Gasteiger partial charge in [-0.25, -0.2) is 17.5 Å². The van der Waals surface area contributed by atoms with Crippen LogP contribution in [0, 0.1) is 6.92 Å². The molecule has 0 aliphatic carbocycles. The highest BCUT2D eigenvalue weighted by Gasteiger charge is 2.49. The Kier molecular flexibility index (Phi) is 4.59. The normalized spacial score (nSPS) is 18.7. The highest BCUT2D eigenvalue weighted by atomic mass is 32.2. The third-order valence-corrected chi connectivity index (χ3v) is 5.99. The first-order valence-corrected chi connectivity index (χ1v) is 9.94. The molecule has 142 valence electrons. The molecule has 0 radical (unpaired) electrons. The number of aryl methyl sites for hydroxylation is 1. The van der Waals surface area contributed by atoms with Crippen molar-refractivity contribution in [3.63, 3.8) is 0 Å². The molecular formula is C20H21NO5S. The van der Waals surface area contributed by atoms with Crippen LogP contribution in [0.2, 0.25) is 0 Å². The predicted molar refractivity (Wildman–Crippen MR) is 101 cm³/mol. The van der Waals surface area contributed by atoms with E-state index in [0.29, 0.717) is 5.56 Å². The van der Waals surface area contributed by atoms with Crippen LogP contribution in [-0.2, 0) is 19.6 Å². The Morgan fingerprint density at radius 3 is 2.26 bits per heavy atom. The molecule has 6 nitrogen and oxygen atoms in total. The lowest BCUT2D eigenvalue weighted by molar-refractivity contribution is -0.154. The lowest BCUT2D eigenvalue weighted by Gasteiger charge is -2.36. The van der Waals surface area contributed by atoms with Gasteiger partial charge in [-0.2, -0.15) is 0 Å². The van der Waals surface area contributed by atoms with Crippen molar-refractivity contribution in [3.05, 3.63) is 59.7 Å².